The molecule has 0 aliphatic heterocycles. The van der Waals surface area contributed by atoms with Crippen molar-refractivity contribution in [2.24, 2.45) is 11.8 Å². The lowest BCUT2D eigenvalue weighted by atomic mass is 9.99. The minimum atomic E-state index is -0.762. The standard InChI is InChI=1S/C51H98O6/c1-6-8-9-10-11-12-13-14-15-16-17-18-19-20-27-33-38-43-51(54)57-48(45-56-50(53)42-37-32-28-23-24-29-34-39-46(3)4)44-55-49(52)41-36-31-26-22-21-25-30-35-40-47(5)7-2/h46-48H,6-45H2,1-5H3/t47?,48-/m1/s1. The van der Waals surface area contributed by atoms with Crippen LogP contribution in [0.2, 0.25) is 0 Å². The van der Waals surface area contributed by atoms with Gasteiger partial charge in [0.1, 0.15) is 13.2 Å². The monoisotopic (exact) mass is 807 g/mol. The summed E-state index contributed by atoms with van der Waals surface area (Å²) in [5.74, 6) is 0.775. The van der Waals surface area contributed by atoms with Crippen LogP contribution in [-0.2, 0) is 28.6 Å². The molecule has 0 fully saturated rings. The van der Waals surface area contributed by atoms with Crippen LogP contribution < -0.4 is 0 Å². The minimum Gasteiger partial charge on any atom is -0.462 e. The van der Waals surface area contributed by atoms with Gasteiger partial charge in [-0.1, -0.05) is 240 Å². The molecule has 0 amide bonds. The second-order valence-electron chi connectivity index (χ2n) is 18.2. The fraction of sp³-hybridized carbons (Fsp3) is 0.941. The predicted molar refractivity (Wildman–Crippen MR) is 243 cm³/mol. The molecule has 0 aromatic carbocycles. The van der Waals surface area contributed by atoms with Crippen molar-refractivity contribution in [3.05, 3.63) is 0 Å². The van der Waals surface area contributed by atoms with Crippen molar-refractivity contribution in [3.8, 4) is 0 Å². The largest absolute Gasteiger partial charge is 0.462 e. The van der Waals surface area contributed by atoms with E-state index in [0.717, 1.165) is 69.6 Å². The van der Waals surface area contributed by atoms with Gasteiger partial charge in [0.25, 0.3) is 0 Å². The summed E-state index contributed by atoms with van der Waals surface area (Å²) < 4.78 is 16.8. The maximum absolute atomic E-state index is 12.8. The Morgan fingerprint density at radius 3 is 1.00 bits per heavy atom. The molecule has 1 unspecified atom stereocenters. The molecule has 0 aliphatic rings. The summed E-state index contributed by atoms with van der Waals surface area (Å²) >= 11 is 0. The molecule has 0 aromatic rings. The molecule has 0 aliphatic carbocycles. The Hall–Kier alpha value is -1.59. The van der Waals surface area contributed by atoms with E-state index >= 15 is 0 Å². The topological polar surface area (TPSA) is 78.9 Å². The molecule has 6 heteroatoms. The van der Waals surface area contributed by atoms with E-state index in [0.29, 0.717) is 19.3 Å². The van der Waals surface area contributed by atoms with Gasteiger partial charge in [0.2, 0.25) is 0 Å². The first-order valence-electron chi connectivity index (χ1n) is 25.3. The van der Waals surface area contributed by atoms with Crippen LogP contribution in [0.1, 0.15) is 279 Å². The number of hydrogen-bond donors (Lipinski definition) is 0. The quantitative estimate of drug-likeness (QED) is 0.0346. The van der Waals surface area contributed by atoms with E-state index in [1.165, 1.54) is 167 Å². The summed E-state index contributed by atoms with van der Waals surface area (Å²) in [5.41, 5.74) is 0. The van der Waals surface area contributed by atoms with Gasteiger partial charge < -0.3 is 14.2 Å². The first-order valence-corrected chi connectivity index (χ1v) is 25.3. The molecule has 0 saturated carbocycles. The Morgan fingerprint density at radius 1 is 0.368 bits per heavy atom. The van der Waals surface area contributed by atoms with Gasteiger partial charge >= 0.3 is 17.9 Å². The van der Waals surface area contributed by atoms with Gasteiger partial charge in [0.05, 0.1) is 0 Å². The van der Waals surface area contributed by atoms with E-state index in [1.807, 2.05) is 0 Å². The molecule has 0 spiro atoms. The van der Waals surface area contributed by atoms with E-state index in [4.69, 9.17) is 14.2 Å². The Balaban J connectivity index is 4.29. The fourth-order valence-electron chi connectivity index (χ4n) is 7.60. The normalized spacial score (nSPS) is 12.5. The molecule has 0 N–H and O–H groups in total. The van der Waals surface area contributed by atoms with Crippen LogP contribution in [0, 0.1) is 11.8 Å². The van der Waals surface area contributed by atoms with Crippen molar-refractivity contribution in [1.82, 2.24) is 0 Å². The Kier molecular flexibility index (Phi) is 42.7. The predicted octanol–water partition coefficient (Wildman–Crippen LogP) is 16.1. The van der Waals surface area contributed by atoms with E-state index in [-0.39, 0.29) is 31.1 Å². The molecule has 338 valence electrons. The van der Waals surface area contributed by atoms with Gasteiger partial charge in [-0.15, -0.1) is 0 Å². The van der Waals surface area contributed by atoms with E-state index < -0.39 is 6.10 Å². The van der Waals surface area contributed by atoms with Crippen molar-refractivity contribution in [3.63, 3.8) is 0 Å². The number of unbranched alkanes of at least 4 members (excludes halogenated alkanes) is 29. The summed E-state index contributed by atoms with van der Waals surface area (Å²) in [6, 6.07) is 0. The maximum atomic E-state index is 12.8. The van der Waals surface area contributed by atoms with Gasteiger partial charge in [0, 0.05) is 19.3 Å². The second-order valence-corrected chi connectivity index (χ2v) is 18.2. The second kappa shape index (κ2) is 44.0. The van der Waals surface area contributed by atoms with Crippen LogP contribution in [0.4, 0.5) is 0 Å². The van der Waals surface area contributed by atoms with Crippen LogP contribution in [0.25, 0.3) is 0 Å². The van der Waals surface area contributed by atoms with Crippen LogP contribution in [0.5, 0.6) is 0 Å². The summed E-state index contributed by atoms with van der Waals surface area (Å²) in [4.78, 5) is 37.8. The summed E-state index contributed by atoms with van der Waals surface area (Å²) in [7, 11) is 0. The van der Waals surface area contributed by atoms with Crippen molar-refractivity contribution in [2.75, 3.05) is 13.2 Å². The van der Waals surface area contributed by atoms with E-state index in [1.54, 1.807) is 0 Å². The van der Waals surface area contributed by atoms with Crippen molar-refractivity contribution < 1.29 is 28.6 Å². The lowest BCUT2D eigenvalue weighted by Gasteiger charge is -2.18. The third-order valence-electron chi connectivity index (χ3n) is 11.8. The molecule has 0 aromatic heterocycles. The first kappa shape index (κ1) is 55.4. The molecule has 57 heavy (non-hydrogen) atoms. The van der Waals surface area contributed by atoms with E-state index in [2.05, 4.69) is 34.6 Å². The van der Waals surface area contributed by atoms with Crippen LogP contribution in [-0.4, -0.2) is 37.2 Å². The van der Waals surface area contributed by atoms with Gasteiger partial charge in [-0.05, 0) is 31.1 Å². The van der Waals surface area contributed by atoms with E-state index in [9.17, 15) is 14.4 Å². The smallest absolute Gasteiger partial charge is 0.306 e. The summed E-state index contributed by atoms with van der Waals surface area (Å²) in [6.45, 7) is 11.3. The number of esters is 3. The molecule has 0 saturated heterocycles. The van der Waals surface area contributed by atoms with Crippen LogP contribution in [0.3, 0.4) is 0 Å². The summed E-state index contributed by atoms with van der Waals surface area (Å²) in [5, 5.41) is 0. The molecule has 0 rings (SSSR count). The SMILES string of the molecule is CCCCCCCCCCCCCCCCCCCC(=O)O[C@H](COC(=O)CCCCCCCCCCC(C)CC)COC(=O)CCCCCCCCCC(C)C. The zero-order valence-electron chi connectivity index (χ0n) is 39.0. The zero-order valence-corrected chi connectivity index (χ0v) is 39.0. The molecule has 6 nitrogen and oxygen atoms in total. The van der Waals surface area contributed by atoms with Crippen molar-refractivity contribution >= 4 is 17.9 Å². The highest BCUT2D eigenvalue weighted by atomic mass is 16.6. The highest BCUT2D eigenvalue weighted by Gasteiger charge is 2.19. The number of carbonyl (C=O) groups is 3. The van der Waals surface area contributed by atoms with Gasteiger partial charge in [0.15, 0.2) is 6.10 Å². The lowest BCUT2D eigenvalue weighted by Crippen LogP contribution is -2.30. The first-order chi connectivity index (χ1) is 27.8. The van der Waals surface area contributed by atoms with Gasteiger partial charge in [-0.2, -0.15) is 0 Å². The summed E-state index contributed by atoms with van der Waals surface area (Å²) in [6.07, 6.45) is 43.8. The average molecular weight is 807 g/mol. The fourth-order valence-corrected chi connectivity index (χ4v) is 7.60. The number of hydrogen-bond acceptors (Lipinski definition) is 6. The maximum Gasteiger partial charge on any atom is 0.306 e. The Bertz CT molecular complexity index is 872. The van der Waals surface area contributed by atoms with Crippen LogP contribution in [0.15, 0.2) is 0 Å². The molecule has 0 radical (unpaired) electrons. The third kappa shape index (κ3) is 43.8. The highest BCUT2D eigenvalue weighted by molar-refractivity contribution is 5.71. The highest BCUT2D eigenvalue weighted by Crippen LogP contribution is 2.17. The van der Waals surface area contributed by atoms with Gasteiger partial charge in [-0.3, -0.25) is 14.4 Å². The molecule has 2 atom stereocenters. The van der Waals surface area contributed by atoms with Crippen molar-refractivity contribution in [1.29, 1.82) is 0 Å². The number of rotatable bonds is 45. The van der Waals surface area contributed by atoms with Crippen LogP contribution >= 0.6 is 0 Å². The molecule has 0 heterocycles. The average Bonchev–Trinajstić information content (AvgIpc) is 3.19. The minimum absolute atomic E-state index is 0.0651. The third-order valence-corrected chi connectivity index (χ3v) is 11.8. The van der Waals surface area contributed by atoms with Crippen molar-refractivity contribution in [2.45, 2.75) is 285 Å². The molecule has 0 bridgehead atoms. The Morgan fingerprint density at radius 2 is 0.667 bits per heavy atom. The molecular weight excluding hydrogens is 709 g/mol. The van der Waals surface area contributed by atoms with Gasteiger partial charge in [-0.25, -0.2) is 0 Å². The number of carbonyl (C=O) groups excluding carboxylic acids is 3. The molecular formula is C51H98O6. The Labute approximate surface area is 355 Å². The number of ether oxygens (including phenoxy) is 3. The zero-order chi connectivity index (χ0) is 41.9. The lowest BCUT2D eigenvalue weighted by molar-refractivity contribution is -0.167.